The molecule has 0 radical (unpaired) electrons. The van der Waals surface area contributed by atoms with E-state index in [1.807, 2.05) is 24.3 Å². The van der Waals surface area contributed by atoms with Crippen LogP contribution < -0.4 is 32.0 Å². The minimum Gasteiger partial charge on any atom is -0.497 e. The van der Waals surface area contributed by atoms with Gasteiger partial charge < -0.3 is 36.6 Å². The molecule has 11 heteroatoms. The summed E-state index contributed by atoms with van der Waals surface area (Å²) in [5.74, 6) is 0.993. The van der Waals surface area contributed by atoms with E-state index in [1.165, 1.54) is 0 Å². The first-order valence-corrected chi connectivity index (χ1v) is 12.3. The van der Waals surface area contributed by atoms with Gasteiger partial charge >= 0.3 is 0 Å². The van der Waals surface area contributed by atoms with Gasteiger partial charge in [0.1, 0.15) is 23.4 Å². The molecule has 39 heavy (non-hydrogen) atoms. The molecule has 0 aliphatic carbocycles. The van der Waals surface area contributed by atoms with E-state index in [9.17, 15) is 9.59 Å². The fourth-order valence-electron chi connectivity index (χ4n) is 4.29. The normalized spacial score (nSPS) is 11.5. The number of anilines is 1. The molecule has 0 spiro atoms. The fraction of sp³-hybridized carbons (Fsp3) is 0.214. The van der Waals surface area contributed by atoms with Gasteiger partial charge in [0, 0.05) is 23.4 Å². The van der Waals surface area contributed by atoms with Crippen LogP contribution in [0, 0.1) is 0 Å². The number of carbonyl (C=O) groups excluding carboxylic acids is 2. The van der Waals surface area contributed by atoms with E-state index in [-0.39, 0.29) is 11.9 Å². The lowest BCUT2D eigenvalue weighted by atomic mass is 10.1. The number of ether oxygens (including phenoxy) is 2. The molecule has 11 nitrogen and oxygen atoms in total. The fourth-order valence-corrected chi connectivity index (χ4v) is 4.29. The summed E-state index contributed by atoms with van der Waals surface area (Å²) in [5, 5.41) is 2.87. The van der Waals surface area contributed by atoms with Crippen molar-refractivity contribution >= 4 is 34.5 Å². The highest BCUT2D eigenvalue weighted by atomic mass is 16.5. The summed E-state index contributed by atoms with van der Waals surface area (Å²) in [6.45, 7) is 0.350. The van der Waals surface area contributed by atoms with Crippen LogP contribution in [-0.4, -0.2) is 48.1 Å². The highest BCUT2D eigenvalue weighted by molar-refractivity contribution is 6.06. The Hall–Kier alpha value is -5.06. The topological polar surface area (TPSA) is 173 Å². The zero-order chi connectivity index (χ0) is 27.9. The molecule has 0 aliphatic rings. The number of methoxy groups -OCH3 is 2. The summed E-state index contributed by atoms with van der Waals surface area (Å²) in [6.07, 6.45) is 0.902. The largest absolute Gasteiger partial charge is 0.497 e. The number of hydrogen-bond acceptors (Lipinski definition) is 6. The summed E-state index contributed by atoms with van der Waals surface area (Å²) >= 11 is 0. The van der Waals surface area contributed by atoms with E-state index < -0.39 is 11.9 Å². The maximum absolute atomic E-state index is 13.0. The lowest BCUT2D eigenvalue weighted by Crippen LogP contribution is -2.27. The van der Waals surface area contributed by atoms with Gasteiger partial charge in [-0.1, -0.05) is 12.1 Å². The SMILES string of the molecule is COc1ccc(NC(=O)c2ccc3c(c2)nc(-c2cccc(OC)c2)n3[C@H](CCCN=C(N)N)C(N)=O)cc1. The Morgan fingerprint density at radius 3 is 2.38 bits per heavy atom. The smallest absolute Gasteiger partial charge is 0.255 e. The van der Waals surface area contributed by atoms with E-state index >= 15 is 0 Å². The number of rotatable bonds is 11. The number of amides is 2. The molecule has 0 fully saturated rings. The molecule has 202 valence electrons. The Morgan fingerprint density at radius 1 is 0.974 bits per heavy atom. The standard InChI is InChI=1S/C28H31N7O4/c1-38-20-11-9-19(10-12-20)33-27(37)18-8-13-23-22(16-18)34-26(17-5-3-6-21(15-17)39-2)35(23)24(25(29)36)7-4-14-32-28(30)31/h3,5-6,8-13,15-16,24H,4,7,14H2,1-2H3,(H2,29,36)(H,33,37)(H4,30,31,32)/t24-/m1/s1. The van der Waals surface area contributed by atoms with Gasteiger partial charge in [-0.05, 0) is 67.4 Å². The molecular formula is C28H31N7O4. The lowest BCUT2D eigenvalue weighted by molar-refractivity contribution is -0.121. The van der Waals surface area contributed by atoms with Crippen LogP contribution in [0.5, 0.6) is 11.5 Å². The number of carbonyl (C=O) groups is 2. The number of fused-ring (bicyclic) bond motifs is 1. The number of nitrogens with two attached hydrogens (primary N) is 3. The zero-order valence-corrected chi connectivity index (χ0v) is 21.8. The minimum absolute atomic E-state index is 0.0174. The molecular weight excluding hydrogens is 498 g/mol. The number of nitrogens with zero attached hydrogens (tertiary/aromatic N) is 3. The van der Waals surface area contributed by atoms with Crippen molar-refractivity contribution in [2.24, 2.45) is 22.2 Å². The molecule has 1 heterocycles. The maximum Gasteiger partial charge on any atom is 0.255 e. The number of nitrogens with one attached hydrogen (secondary N) is 1. The third kappa shape index (κ3) is 6.27. The Morgan fingerprint density at radius 2 is 1.72 bits per heavy atom. The van der Waals surface area contributed by atoms with Crippen molar-refractivity contribution in [3.63, 3.8) is 0 Å². The van der Waals surface area contributed by atoms with E-state index in [4.69, 9.17) is 31.7 Å². The Labute approximate surface area is 225 Å². The number of imidazole rings is 1. The molecule has 1 atom stereocenters. The Bertz CT molecular complexity index is 1510. The van der Waals surface area contributed by atoms with Gasteiger partial charge in [-0.15, -0.1) is 0 Å². The van der Waals surface area contributed by atoms with Crippen LogP contribution in [-0.2, 0) is 4.79 Å². The average Bonchev–Trinajstić information content (AvgIpc) is 3.31. The molecule has 2 amide bonds. The predicted molar refractivity (Wildman–Crippen MR) is 151 cm³/mol. The van der Waals surface area contributed by atoms with Gasteiger partial charge in [-0.2, -0.15) is 0 Å². The maximum atomic E-state index is 13.0. The van der Waals surface area contributed by atoms with Gasteiger partial charge in [-0.3, -0.25) is 14.6 Å². The van der Waals surface area contributed by atoms with Crippen molar-refractivity contribution in [1.29, 1.82) is 0 Å². The van der Waals surface area contributed by atoms with Crippen LogP contribution in [0.2, 0.25) is 0 Å². The first-order chi connectivity index (χ1) is 18.8. The minimum atomic E-state index is -0.732. The Balaban J connectivity index is 1.75. The number of aromatic nitrogens is 2. The summed E-state index contributed by atoms with van der Waals surface area (Å²) in [7, 11) is 3.15. The second kappa shape index (κ2) is 12.0. The van der Waals surface area contributed by atoms with Crippen LogP contribution in [0.15, 0.2) is 71.7 Å². The van der Waals surface area contributed by atoms with Crippen LogP contribution in [0.1, 0.15) is 29.2 Å². The van der Waals surface area contributed by atoms with Gasteiger partial charge in [0.2, 0.25) is 5.91 Å². The second-order valence-electron chi connectivity index (χ2n) is 8.79. The molecule has 0 aliphatic heterocycles. The molecule has 4 aromatic rings. The Kier molecular flexibility index (Phi) is 8.30. The molecule has 0 bridgehead atoms. The van der Waals surface area contributed by atoms with Gasteiger partial charge in [0.25, 0.3) is 5.91 Å². The third-order valence-electron chi connectivity index (χ3n) is 6.20. The summed E-state index contributed by atoms with van der Waals surface area (Å²) in [5.41, 5.74) is 19.7. The number of hydrogen-bond donors (Lipinski definition) is 4. The highest BCUT2D eigenvalue weighted by Gasteiger charge is 2.25. The van der Waals surface area contributed by atoms with Gasteiger partial charge in [0.05, 0.1) is 25.3 Å². The molecule has 0 saturated carbocycles. The molecule has 0 unspecified atom stereocenters. The number of aliphatic imine (C=N–C) groups is 1. The summed E-state index contributed by atoms with van der Waals surface area (Å²) in [6, 6.07) is 18.8. The zero-order valence-electron chi connectivity index (χ0n) is 21.8. The molecule has 1 aromatic heterocycles. The van der Waals surface area contributed by atoms with Crippen molar-refractivity contribution in [3.05, 3.63) is 72.3 Å². The number of benzene rings is 3. The number of guanidine groups is 1. The first kappa shape index (κ1) is 27.0. The lowest BCUT2D eigenvalue weighted by Gasteiger charge is -2.19. The molecule has 3 aromatic carbocycles. The molecule has 0 saturated heterocycles. The van der Waals surface area contributed by atoms with E-state index in [0.717, 1.165) is 5.56 Å². The highest BCUT2D eigenvalue weighted by Crippen LogP contribution is 2.32. The van der Waals surface area contributed by atoms with Crippen molar-refractivity contribution in [2.45, 2.75) is 18.9 Å². The van der Waals surface area contributed by atoms with E-state index in [1.54, 1.807) is 61.3 Å². The van der Waals surface area contributed by atoms with E-state index in [0.29, 0.717) is 59.0 Å². The van der Waals surface area contributed by atoms with Crippen molar-refractivity contribution in [3.8, 4) is 22.9 Å². The van der Waals surface area contributed by atoms with Crippen molar-refractivity contribution < 1.29 is 19.1 Å². The second-order valence-corrected chi connectivity index (χ2v) is 8.79. The van der Waals surface area contributed by atoms with Crippen LogP contribution >= 0.6 is 0 Å². The third-order valence-corrected chi connectivity index (χ3v) is 6.20. The van der Waals surface area contributed by atoms with Gasteiger partial charge in [0.15, 0.2) is 5.96 Å². The predicted octanol–water partition coefficient (Wildman–Crippen LogP) is 3.05. The monoisotopic (exact) mass is 529 g/mol. The number of primary amides is 1. The first-order valence-electron chi connectivity index (χ1n) is 12.3. The summed E-state index contributed by atoms with van der Waals surface area (Å²) in [4.78, 5) is 34.6. The van der Waals surface area contributed by atoms with Crippen molar-refractivity contribution in [1.82, 2.24) is 9.55 Å². The van der Waals surface area contributed by atoms with Crippen LogP contribution in [0.4, 0.5) is 5.69 Å². The van der Waals surface area contributed by atoms with E-state index in [2.05, 4.69) is 10.3 Å². The average molecular weight is 530 g/mol. The molecule has 4 rings (SSSR count). The van der Waals surface area contributed by atoms with Crippen LogP contribution in [0.25, 0.3) is 22.4 Å². The van der Waals surface area contributed by atoms with Gasteiger partial charge in [-0.25, -0.2) is 4.98 Å². The van der Waals surface area contributed by atoms with Crippen molar-refractivity contribution in [2.75, 3.05) is 26.1 Å². The quantitative estimate of drug-likeness (QED) is 0.131. The summed E-state index contributed by atoms with van der Waals surface area (Å²) < 4.78 is 12.4. The molecule has 7 N–H and O–H groups in total. The van der Waals surface area contributed by atoms with Crippen LogP contribution in [0.3, 0.4) is 0 Å².